The van der Waals surface area contributed by atoms with Crippen LogP contribution in [0.25, 0.3) is 0 Å². The second-order valence-electron chi connectivity index (χ2n) is 4.88. The highest BCUT2D eigenvalue weighted by atomic mass is 35.5. The molecule has 1 atom stereocenters. The van der Waals surface area contributed by atoms with Crippen molar-refractivity contribution in [3.05, 3.63) is 28.8 Å². The van der Waals surface area contributed by atoms with Crippen molar-refractivity contribution < 1.29 is 9.47 Å². The van der Waals surface area contributed by atoms with E-state index in [1.165, 1.54) is 0 Å². The van der Waals surface area contributed by atoms with E-state index in [1.807, 2.05) is 32.0 Å². The third-order valence-corrected chi connectivity index (χ3v) is 3.03. The van der Waals surface area contributed by atoms with Crippen molar-refractivity contribution in [2.45, 2.75) is 26.3 Å². The molecule has 5 nitrogen and oxygen atoms in total. The molecule has 0 saturated heterocycles. The van der Waals surface area contributed by atoms with Gasteiger partial charge in [-0.15, -0.1) is 0 Å². The Kier molecular flexibility index (Phi) is 7.93. The van der Waals surface area contributed by atoms with Gasteiger partial charge in [-0.3, -0.25) is 4.99 Å². The zero-order chi connectivity index (χ0) is 15.7. The molecule has 21 heavy (non-hydrogen) atoms. The fraction of sp³-hybridized carbons (Fsp3) is 0.533. The van der Waals surface area contributed by atoms with Crippen LogP contribution in [0.3, 0.4) is 0 Å². The first kappa shape index (κ1) is 17.6. The Morgan fingerprint density at radius 3 is 2.90 bits per heavy atom. The van der Waals surface area contributed by atoms with Crippen LogP contribution in [0.4, 0.5) is 0 Å². The number of guanidine groups is 1. The maximum atomic E-state index is 5.90. The van der Waals surface area contributed by atoms with Gasteiger partial charge in [-0.1, -0.05) is 11.6 Å². The molecule has 0 fully saturated rings. The van der Waals surface area contributed by atoms with Gasteiger partial charge in [0.05, 0.1) is 13.2 Å². The average molecular weight is 314 g/mol. The summed E-state index contributed by atoms with van der Waals surface area (Å²) in [5.41, 5.74) is 6.80. The van der Waals surface area contributed by atoms with Gasteiger partial charge in [0.1, 0.15) is 5.75 Å². The summed E-state index contributed by atoms with van der Waals surface area (Å²) >= 11 is 5.90. The lowest BCUT2D eigenvalue weighted by Gasteiger charge is -2.13. The van der Waals surface area contributed by atoms with Gasteiger partial charge in [-0.2, -0.15) is 0 Å². The minimum absolute atomic E-state index is 0.145. The van der Waals surface area contributed by atoms with Gasteiger partial charge < -0.3 is 20.5 Å². The molecule has 0 amide bonds. The van der Waals surface area contributed by atoms with Crippen LogP contribution in [0, 0.1) is 6.92 Å². The fourth-order valence-corrected chi connectivity index (χ4v) is 2.04. The number of hydrogen-bond donors (Lipinski definition) is 2. The Hall–Kier alpha value is -1.46. The molecule has 118 valence electrons. The number of benzene rings is 1. The van der Waals surface area contributed by atoms with E-state index in [0.717, 1.165) is 17.7 Å². The second-order valence-corrected chi connectivity index (χ2v) is 5.32. The van der Waals surface area contributed by atoms with Crippen LogP contribution >= 0.6 is 11.6 Å². The van der Waals surface area contributed by atoms with Crippen molar-refractivity contribution in [3.8, 4) is 5.75 Å². The third-order valence-electron chi connectivity index (χ3n) is 2.79. The molecule has 0 aromatic heterocycles. The van der Waals surface area contributed by atoms with Gasteiger partial charge in [0.25, 0.3) is 0 Å². The van der Waals surface area contributed by atoms with E-state index in [2.05, 4.69) is 10.3 Å². The van der Waals surface area contributed by atoms with Crippen LogP contribution in [0.5, 0.6) is 5.75 Å². The predicted octanol–water partition coefficient (Wildman–Crippen LogP) is 2.36. The molecular formula is C15H24ClN3O2. The average Bonchev–Trinajstić information content (AvgIpc) is 2.40. The lowest BCUT2D eigenvalue weighted by Crippen LogP contribution is -2.40. The summed E-state index contributed by atoms with van der Waals surface area (Å²) < 4.78 is 10.7. The third kappa shape index (κ3) is 7.20. The molecule has 3 N–H and O–H groups in total. The molecule has 0 spiro atoms. The number of aliphatic imine (C=N–C) groups is 1. The monoisotopic (exact) mass is 313 g/mol. The molecule has 0 aliphatic carbocycles. The van der Waals surface area contributed by atoms with E-state index in [-0.39, 0.29) is 6.04 Å². The van der Waals surface area contributed by atoms with Crippen LogP contribution < -0.4 is 15.8 Å². The molecule has 0 aliphatic heterocycles. The Bertz CT molecular complexity index is 466. The van der Waals surface area contributed by atoms with Crippen molar-refractivity contribution in [3.63, 3.8) is 0 Å². The molecule has 0 heterocycles. The number of halogens is 1. The summed E-state index contributed by atoms with van der Waals surface area (Å²) in [5.74, 6) is 1.28. The van der Waals surface area contributed by atoms with E-state index >= 15 is 0 Å². The second kappa shape index (κ2) is 9.47. The fourth-order valence-electron chi connectivity index (χ4n) is 1.81. The van der Waals surface area contributed by atoms with Crippen LogP contribution in [0.2, 0.25) is 5.02 Å². The summed E-state index contributed by atoms with van der Waals surface area (Å²) in [7, 11) is 1.65. The first-order chi connectivity index (χ1) is 10.0. The summed E-state index contributed by atoms with van der Waals surface area (Å²) in [6.07, 6.45) is 0.795. The number of hydrogen-bond acceptors (Lipinski definition) is 3. The van der Waals surface area contributed by atoms with Gasteiger partial charge in [-0.25, -0.2) is 0 Å². The maximum Gasteiger partial charge on any atom is 0.188 e. The molecule has 0 aliphatic rings. The predicted molar refractivity (Wildman–Crippen MR) is 87.3 cm³/mol. The Morgan fingerprint density at radius 2 is 2.24 bits per heavy atom. The van der Waals surface area contributed by atoms with Gasteiger partial charge in [-0.05, 0) is 37.6 Å². The van der Waals surface area contributed by atoms with Crippen LogP contribution in [0.15, 0.2) is 23.2 Å². The number of nitrogens with zero attached hydrogens (tertiary/aromatic N) is 1. The van der Waals surface area contributed by atoms with Crippen molar-refractivity contribution >= 4 is 17.6 Å². The summed E-state index contributed by atoms with van der Waals surface area (Å²) in [4.78, 5) is 4.24. The lowest BCUT2D eigenvalue weighted by molar-refractivity contribution is 0.179. The lowest BCUT2D eigenvalue weighted by atomic mass is 10.2. The van der Waals surface area contributed by atoms with Crippen LogP contribution in [-0.2, 0) is 4.74 Å². The maximum absolute atomic E-state index is 5.90. The first-order valence-corrected chi connectivity index (χ1v) is 7.35. The normalized spacial score (nSPS) is 13.0. The largest absolute Gasteiger partial charge is 0.493 e. The highest BCUT2D eigenvalue weighted by molar-refractivity contribution is 6.30. The van der Waals surface area contributed by atoms with Gasteiger partial charge in [0, 0.05) is 31.1 Å². The van der Waals surface area contributed by atoms with Crippen molar-refractivity contribution in [2.24, 2.45) is 10.7 Å². The molecule has 0 radical (unpaired) electrons. The highest BCUT2D eigenvalue weighted by Gasteiger charge is 2.02. The zero-order valence-electron chi connectivity index (χ0n) is 12.9. The number of nitrogens with one attached hydrogen (secondary N) is 1. The smallest absolute Gasteiger partial charge is 0.188 e. The molecular weight excluding hydrogens is 290 g/mol. The number of aryl methyl sites for hydroxylation is 1. The summed E-state index contributed by atoms with van der Waals surface area (Å²) in [6.45, 7) is 5.75. The van der Waals surface area contributed by atoms with Crippen LogP contribution in [-0.4, -0.2) is 38.9 Å². The van der Waals surface area contributed by atoms with Gasteiger partial charge >= 0.3 is 0 Å². The highest BCUT2D eigenvalue weighted by Crippen LogP contribution is 2.21. The zero-order valence-corrected chi connectivity index (χ0v) is 13.6. The van der Waals surface area contributed by atoms with Crippen molar-refractivity contribution in [1.29, 1.82) is 0 Å². The van der Waals surface area contributed by atoms with E-state index in [1.54, 1.807) is 7.11 Å². The Morgan fingerprint density at radius 1 is 1.48 bits per heavy atom. The standard InChI is InChI=1S/C15H24ClN3O2/c1-11-9-13(16)5-6-14(11)21-8-4-7-18-15(17)19-12(2)10-20-3/h5-6,9,12H,4,7-8,10H2,1-3H3,(H3,17,18,19). The van der Waals surface area contributed by atoms with Crippen molar-refractivity contribution in [1.82, 2.24) is 5.32 Å². The minimum Gasteiger partial charge on any atom is -0.493 e. The number of nitrogens with two attached hydrogens (primary N) is 1. The SMILES string of the molecule is COCC(C)NC(N)=NCCCOc1ccc(Cl)cc1C. The van der Waals surface area contributed by atoms with Gasteiger partial charge in [0.15, 0.2) is 5.96 Å². The van der Waals surface area contributed by atoms with E-state index in [4.69, 9.17) is 26.8 Å². The van der Waals surface area contributed by atoms with Crippen molar-refractivity contribution in [2.75, 3.05) is 26.9 Å². The van der Waals surface area contributed by atoms with Gasteiger partial charge in [0.2, 0.25) is 0 Å². The molecule has 1 rings (SSSR count). The summed E-state index contributed by atoms with van der Waals surface area (Å²) in [6, 6.07) is 5.73. The quantitative estimate of drug-likeness (QED) is 0.439. The molecule has 0 saturated carbocycles. The molecule has 6 heteroatoms. The van der Waals surface area contributed by atoms with E-state index in [0.29, 0.717) is 30.7 Å². The number of ether oxygens (including phenoxy) is 2. The Labute approximate surface area is 131 Å². The topological polar surface area (TPSA) is 68.9 Å². The summed E-state index contributed by atoms with van der Waals surface area (Å²) in [5, 5.41) is 3.77. The number of methoxy groups -OCH3 is 1. The molecule has 1 unspecified atom stereocenters. The molecule has 1 aromatic carbocycles. The van der Waals surface area contributed by atoms with Crippen LogP contribution in [0.1, 0.15) is 18.9 Å². The molecule has 0 bridgehead atoms. The van der Waals surface area contributed by atoms with E-state index < -0.39 is 0 Å². The van der Waals surface area contributed by atoms with E-state index in [9.17, 15) is 0 Å². The first-order valence-electron chi connectivity index (χ1n) is 6.97. The Balaban J connectivity index is 2.24. The number of rotatable bonds is 8. The molecule has 1 aromatic rings. The minimum atomic E-state index is 0.145.